The molecule has 0 saturated heterocycles. The van der Waals surface area contributed by atoms with E-state index >= 15 is 0 Å². The summed E-state index contributed by atoms with van der Waals surface area (Å²) in [6, 6.07) is 0. The molecule has 0 aromatic heterocycles. The van der Waals surface area contributed by atoms with E-state index in [0.717, 1.165) is 31.1 Å². The van der Waals surface area contributed by atoms with Gasteiger partial charge in [-0.05, 0) is 18.8 Å². The highest BCUT2D eigenvalue weighted by molar-refractivity contribution is 8.00. The van der Waals surface area contributed by atoms with Crippen LogP contribution in [-0.2, 0) is 0 Å². The molecule has 0 bridgehead atoms. The minimum atomic E-state index is 0.0100. The molecule has 0 amide bonds. The van der Waals surface area contributed by atoms with Gasteiger partial charge in [-0.25, -0.2) is 0 Å². The van der Waals surface area contributed by atoms with Crippen LogP contribution in [0.4, 0.5) is 0 Å². The lowest BCUT2D eigenvalue weighted by Gasteiger charge is -2.39. The van der Waals surface area contributed by atoms with Crippen molar-refractivity contribution in [1.82, 2.24) is 5.32 Å². The van der Waals surface area contributed by atoms with Crippen LogP contribution in [0.3, 0.4) is 0 Å². The van der Waals surface area contributed by atoms with Crippen LogP contribution in [0.25, 0.3) is 0 Å². The third-order valence-corrected chi connectivity index (χ3v) is 4.81. The van der Waals surface area contributed by atoms with E-state index in [9.17, 15) is 5.11 Å². The summed E-state index contributed by atoms with van der Waals surface area (Å²) in [4.78, 5) is 0. The predicted molar refractivity (Wildman–Crippen MR) is 77.7 cm³/mol. The van der Waals surface area contributed by atoms with Gasteiger partial charge in [-0.2, -0.15) is 11.8 Å². The second-order valence-corrected chi connectivity index (χ2v) is 8.45. The Bertz CT molecular complexity index is 227. The highest BCUT2D eigenvalue weighted by Crippen LogP contribution is 2.32. The molecule has 1 rings (SSSR count). The Morgan fingerprint density at radius 3 is 2.65 bits per heavy atom. The number of aliphatic hydroxyl groups excluding tert-OH is 1. The largest absolute Gasteiger partial charge is 0.394 e. The highest BCUT2D eigenvalue weighted by Gasteiger charge is 2.33. The van der Waals surface area contributed by atoms with Gasteiger partial charge in [0.1, 0.15) is 0 Å². The van der Waals surface area contributed by atoms with Crippen molar-refractivity contribution in [1.29, 1.82) is 0 Å². The quantitative estimate of drug-likeness (QED) is 0.744. The lowest BCUT2D eigenvalue weighted by Crippen LogP contribution is -2.52. The van der Waals surface area contributed by atoms with Crippen LogP contribution in [-0.4, -0.2) is 34.3 Å². The van der Waals surface area contributed by atoms with Crippen molar-refractivity contribution < 1.29 is 5.11 Å². The molecular weight excluding hydrogens is 230 g/mol. The summed E-state index contributed by atoms with van der Waals surface area (Å²) >= 11 is 1.99. The number of rotatable bonds is 5. The fourth-order valence-corrected chi connectivity index (χ4v) is 3.51. The normalized spacial score (nSPS) is 30.5. The van der Waals surface area contributed by atoms with Crippen molar-refractivity contribution in [3.8, 4) is 0 Å². The Balaban J connectivity index is 2.31. The molecule has 2 unspecified atom stereocenters. The van der Waals surface area contributed by atoms with Crippen molar-refractivity contribution in [2.45, 2.75) is 63.7 Å². The second kappa shape index (κ2) is 6.44. The smallest absolute Gasteiger partial charge is 0.0613 e. The van der Waals surface area contributed by atoms with Crippen molar-refractivity contribution in [2.24, 2.45) is 5.92 Å². The summed E-state index contributed by atoms with van der Waals surface area (Å²) in [5.74, 6) is 1.87. The van der Waals surface area contributed by atoms with Gasteiger partial charge < -0.3 is 10.4 Å². The molecule has 0 spiro atoms. The Hall–Kier alpha value is 0.270. The van der Waals surface area contributed by atoms with E-state index in [1.165, 1.54) is 12.8 Å². The van der Waals surface area contributed by atoms with Crippen molar-refractivity contribution in [3.63, 3.8) is 0 Å². The van der Waals surface area contributed by atoms with Gasteiger partial charge in [0.2, 0.25) is 0 Å². The van der Waals surface area contributed by atoms with Crippen LogP contribution < -0.4 is 5.32 Å². The fraction of sp³-hybridized carbons (Fsp3) is 1.00. The maximum Gasteiger partial charge on any atom is 0.0613 e. The van der Waals surface area contributed by atoms with Crippen LogP contribution in [0.1, 0.15) is 53.4 Å². The Morgan fingerprint density at radius 2 is 2.12 bits per heavy atom. The van der Waals surface area contributed by atoms with E-state index in [0.29, 0.717) is 4.75 Å². The molecule has 1 aliphatic rings. The lowest BCUT2D eigenvalue weighted by atomic mass is 9.77. The highest BCUT2D eigenvalue weighted by atomic mass is 32.2. The molecule has 2 atom stereocenters. The molecule has 0 aromatic carbocycles. The maximum atomic E-state index is 9.65. The summed E-state index contributed by atoms with van der Waals surface area (Å²) in [6.07, 6.45) is 4.83. The molecule has 2 N–H and O–H groups in total. The number of thioether (sulfide) groups is 1. The zero-order valence-electron chi connectivity index (χ0n) is 11.9. The van der Waals surface area contributed by atoms with Gasteiger partial charge >= 0.3 is 0 Å². The van der Waals surface area contributed by atoms with Crippen LogP contribution in [0, 0.1) is 5.92 Å². The first-order valence-corrected chi connectivity index (χ1v) is 7.85. The van der Waals surface area contributed by atoms with Gasteiger partial charge in [0.05, 0.1) is 6.61 Å². The molecule has 17 heavy (non-hydrogen) atoms. The summed E-state index contributed by atoms with van der Waals surface area (Å²) in [5.41, 5.74) is 0.0100. The Kier molecular flexibility index (Phi) is 5.81. The first-order chi connectivity index (χ1) is 7.87. The first-order valence-electron chi connectivity index (χ1n) is 6.87. The molecular formula is C14H29NOS. The van der Waals surface area contributed by atoms with E-state index in [1.54, 1.807) is 0 Å². The van der Waals surface area contributed by atoms with Gasteiger partial charge in [-0.3, -0.25) is 0 Å². The summed E-state index contributed by atoms with van der Waals surface area (Å²) in [5, 5.41) is 13.3. The van der Waals surface area contributed by atoms with Crippen LogP contribution in [0.15, 0.2) is 0 Å². The van der Waals surface area contributed by atoms with Crippen LogP contribution in [0.5, 0.6) is 0 Å². The van der Waals surface area contributed by atoms with Gasteiger partial charge in [-0.15, -0.1) is 0 Å². The summed E-state index contributed by atoms with van der Waals surface area (Å²) in [7, 11) is 0. The Labute approximate surface area is 111 Å². The molecule has 3 heteroatoms. The zero-order valence-corrected chi connectivity index (χ0v) is 12.7. The number of aliphatic hydroxyl groups is 1. The molecule has 2 nitrogen and oxygen atoms in total. The van der Waals surface area contributed by atoms with E-state index in [1.807, 2.05) is 11.8 Å². The number of nitrogens with one attached hydrogen (secondary N) is 1. The molecule has 1 fully saturated rings. The van der Waals surface area contributed by atoms with E-state index in [2.05, 4.69) is 33.0 Å². The molecule has 0 radical (unpaired) electrons. The summed E-state index contributed by atoms with van der Waals surface area (Å²) in [6.45, 7) is 10.4. The molecule has 0 aromatic rings. The van der Waals surface area contributed by atoms with E-state index in [4.69, 9.17) is 0 Å². The SMILES string of the molecule is CC1CCCC(CO)(NCCSC(C)(C)C)C1. The topological polar surface area (TPSA) is 32.3 Å². The average Bonchev–Trinajstić information content (AvgIpc) is 2.23. The van der Waals surface area contributed by atoms with E-state index < -0.39 is 0 Å². The molecule has 1 aliphatic carbocycles. The standard InChI is InChI=1S/C14H29NOS/c1-12-6-5-7-14(10-12,11-16)15-8-9-17-13(2,3)4/h12,15-16H,5-11H2,1-4H3. The van der Waals surface area contributed by atoms with Crippen molar-refractivity contribution in [3.05, 3.63) is 0 Å². The summed E-state index contributed by atoms with van der Waals surface area (Å²) < 4.78 is 0.341. The first kappa shape index (κ1) is 15.3. The number of hydrogen-bond acceptors (Lipinski definition) is 3. The lowest BCUT2D eigenvalue weighted by molar-refractivity contribution is 0.102. The van der Waals surface area contributed by atoms with Crippen molar-refractivity contribution in [2.75, 3.05) is 18.9 Å². The third-order valence-electron chi connectivity index (χ3n) is 3.53. The van der Waals surface area contributed by atoms with Crippen molar-refractivity contribution >= 4 is 11.8 Å². The van der Waals surface area contributed by atoms with Crippen LogP contribution in [0.2, 0.25) is 0 Å². The molecule has 1 saturated carbocycles. The van der Waals surface area contributed by atoms with Gasteiger partial charge in [0, 0.05) is 22.6 Å². The average molecular weight is 259 g/mol. The maximum absolute atomic E-state index is 9.65. The zero-order chi connectivity index (χ0) is 12.9. The third kappa shape index (κ3) is 5.62. The van der Waals surface area contributed by atoms with Gasteiger partial charge in [0.25, 0.3) is 0 Å². The molecule has 102 valence electrons. The minimum Gasteiger partial charge on any atom is -0.394 e. The molecule has 0 aliphatic heterocycles. The fourth-order valence-electron chi connectivity index (χ4n) is 2.69. The van der Waals surface area contributed by atoms with Gasteiger partial charge in [0.15, 0.2) is 0 Å². The van der Waals surface area contributed by atoms with Gasteiger partial charge in [-0.1, -0.05) is 40.5 Å². The predicted octanol–water partition coefficient (Wildman–Crippen LogP) is 3.05. The van der Waals surface area contributed by atoms with Crippen LogP contribution >= 0.6 is 11.8 Å². The molecule has 0 heterocycles. The van der Waals surface area contributed by atoms with E-state index in [-0.39, 0.29) is 12.1 Å². The number of hydrogen-bond donors (Lipinski definition) is 2. The second-order valence-electron chi connectivity index (χ2n) is 6.53. The Morgan fingerprint density at radius 1 is 1.41 bits per heavy atom. The minimum absolute atomic E-state index is 0.0100. The monoisotopic (exact) mass is 259 g/mol.